The standard InChI is InChI=1S/C32H46O4/c1-8-23-18-21-30(34-25(9-2)10-3)24(22-23)19-20-29(33)28-16-15-17-31(35-26(11-4)12-5)32(28)36-27(13-6)14-7/h15-22,25-27H,8-14H2,1-7H3. The van der Waals surface area contributed by atoms with Crippen molar-refractivity contribution in [3.05, 3.63) is 59.2 Å². The number of aryl methyl sites for hydroxylation is 1. The van der Waals surface area contributed by atoms with Gasteiger partial charge in [-0.25, -0.2) is 0 Å². The third-order valence-corrected chi connectivity index (χ3v) is 6.74. The second-order valence-electron chi connectivity index (χ2n) is 9.23. The summed E-state index contributed by atoms with van der Waals surface area (Å²) in [4.78, 5) is 13.5. The van der Waals surface area contributed by atoms with Crippen LogP contribution in [-0.4, -0.2) is 24.1 Å². The molecule has 0 radical (unpaired) electrons. The van der Waals surface area contributed by atoms with Gasteiger partial charge in [0.2, 0.25) is 0 Å². The number of benzene rings is 2. The maximum absolute atomic E-state index is 13.5. The molecule has 0 aliphatic carbocycles. The normalized spacial score (nSPS) is 11.6. The van der Waals surface area contributed by atoms with Gasteiger partial charge in [-0.05, 0) is 86.9 Å². The van der Waals surface area contributed by atoms with Crippen LogP contribution in [0.3, 0.4) is 0 Å². The summed E-state index contributed by atoms with van der Waals surface area (Å²) in [6.07, 6.45) is 10.1. The van der Waals surface area contributed by atoms with Crippen molar-refractivity contribution in [2.24, 2.45) is 0 Å². The third-order valence-electron chi connectivity index (χ3n) is 6.74. The minimum atomic E-state index is -0.110. The lowest BCUT2D eigenvalue weighted by Gasteiger charge is -2.23. The summed E-state index contributed by atoms with van der Waals surface area (Å²) in [5.41, 5.74) is 2.65. The van der Waals surface area contributed by atoms with Crippen molar-refractivity contribution in [2.45, 2.75) is 112 Å². The van der Waals surface area contributed by atoms with E-state index in [-0.39, 0.29) is 24.1 Å². The Bertz CT molecular complexity index is 966. The van der Waals surface area contributed by atoms with Crippen molar-refractivity contribution in [1.82, 2.24) is 0 Å². The molecule has 0 heterocycles. The van der Waals surface area contributed by atoms with Gasteiger partial charge in [0.1, 0.15) is 5.75 Å². The molecule has 4 nitrogen and oxygen atoms in total. The van der Waals surface area contributed by atoms with Crippen LogP contribution in [0.4, 0.5) is 0 Å². The number of hydrogen-bond donors (Lipinski definition) is 0. The predicted octanol–water partition coefficient (Wildman–Crippen LogP) is 8.85. The Morgan fingerprint density at radius 3 is 1.83 bits per heavy atom. The van der Waals surface area contributed by atoms with Crippen molar-refractivity contribution in [2.75, 3.05) is 0 Å². The minimum Gasteiger partial charge on any atom is -0.490 e. The molecule has 198 valence electrons. The number of allylic oxidation sites excluding steroid dienone is 1. The monoisotopic (exact) mass is 494 g/mol. The first kappa shape index (κ1) is 29.5. The first-order chi connectivity index (χ1) is 17.4. The quantitative estimate of drug-likeness (QED) is 0.173. The molecule has 0 spiro atoms. The SMILES string of the molecule is CCc1ccc(OC(CC)CC)c(C=CC(=O)c2cccc(OC(CC)CC)c2OC(CC)CC)c1. The molecule has 0 aliphatic heterocycles. The van der Waals surface area contributed by atoms with Crippen molar-refractivity contribution >= 4 is 11.9 Å². The predicted molar refractivity (Wildman–Crippen MR) is 151 cm³/mol. The molecule has 2 aromatic carbocycles. The van der Waals surface area contributed by atoms with Gasteiger partial charge in [0, 0.05) is 5.56 Å². The molecule has 36 heavy (non-hydrogen) atoms. The molecular formula is C32H46O4. The van der Waals surface area contributed by atoms with Crippen LogP contribution in [0.2, 0.25) is 0 Å². The Kier molecular flexibility index (Phi) is 12.6. The highest BCUT2D eigenvalue weighted by atomic mass is 16.5. The molecule has 0 aliphatic rings. The van der Waals surface area contributed by atoms with Gasteiger partial charge in [0.05, 0.1) is 23.9 Å². The first-order valence-electron chi connectivity index (χ1n) is 13.9. The smallest absolute Gasteiger partial charge is 0.189 e. The van der Waals surface area contributed by atoms with Crippen LogP contribution >= 0.6 is 0 Å². The zero-order chi connectivity index (χ0) is 26.5. The van der Waals surface area contributed by atoms with Gasteiger partial charge in [0.15, 0.2) is 17.3 Å². The van der Waals surface area contributed by atoms with Gasteiger partial charge >= 0.3 is 0 Å². The van der Waals surface area contributed by atoms with Crippen molar-refractivity contribution in [1.29, 1.82) is 0 Å². The second kappa shape index (κ2) is 15.4. The van der Waals surface area contributed by atoms with Crippen molar-refractivity contribution in [3.63, 3.8) is 0 Å². The number of ketones is 1. The molecule has 0 atom stereocenters. The summed E-state index contributed by atoms with van der Waals surface area (Å²) in [6, 6.07) is 11.8. The summed E-state index contributed by atoms with van der Waals surface area (Å²) in [5.74, 6) is 1.88. The van der Waals surface area contributed by atoms with E-state index in [0.29, 0.717) is 17.1 Å². The van der Waals surface area contributed by atoms with Crippen LogP contribution in [0.5, 0.6) is 17.2 Å². The van der Waals surface area contributed by atoms with Crippen LogP contribution < -0.4 is 14.2 Å². The number of carbonyl (C=O) groups is 1. The lowest BCUT2D eigenvalue weighted by molar-refractivity contribution is 0.103. The van der Waals surface area contributed by atoms with E-state index >= 15 is 0 Å². The molecule has 4 heteroatoms. The van der Waals surface area contributed by atoms with Gasteiger partial charge in [-0.1, -0.05) is 60.6 Å². The molecule has 0 unspecified atom stereocenters. The van der Waals surface area contributed by atoms with E-state index in [2.05, 4.69) is 60.6 Å². The lowest BCUT2D eigenvalue weighted by Crippen LogP contribution is -2.19. The molecule has 0 N–H and O–H groups in total. The fraction of sp³-hybridized carbons (Fsp3) is 0.531. The molecule has 0 saturated heterocycles. The highest BCUT2D eigenvalue weighted by Crippen LogP contribution is 2.35. The van der Waals surface area contributed by atoms with E-state index < -0.39 is 0 Å². The van der Waals surface area contributed by atoms with E-state index in [1.807, 2.05) is 30.3 Å². The fourth-order valence-electron chi connectivity index (χ4n) is 4.13. The average molecular weight is 495 g/mol. The summed E-state index contributed by atoms with van der Waals surface area (Å²) in [6.45, 7) is 14.8. The van der Waals surface area contributed by atoms with Gasteiger partial charge in [-0.15, -0.1) is 0 Å². The zero-order valence-electron chi connectivity index (χ0n) is 23.4. The Balaban J connectivity index is 2.46. The van der Waals surface area contributed by atoms with Gasteiger partial charge in [-0.2, -0.15) is 0 Å². The topological polar surface area (TPSA) is 44.8 Å². The molecular weight excluding hydrogens is 448 g/mol. The van der Waals surface area contributed by atoms with E-state index in [0.717, 1.165) is 56.3 Å². The van der Waals surface area contributed by atoms with Crippen molar-refractivity contribution in [3.8, 4) is 17.2 Å². The molecule has 0 aromatic heterocycles. The first-order valence-corrected chi connectivity index (χ1v) is 13.9. The van der Waals surface area contributed by atoms with Crippen molar-refractivity contribution < 1.29 is 19.0 Å². The molecule has 2 rings (SSSR count). The van der Waals surface area contributed by atoms with E-state index in [9.17, 15) is 4.79 Å². The number of ether oxygens (including phenoxy) is 3. The Hall–Kier alpha value is -2.75. The van der Waals surface area contributed by atoms with Crippen LogP contribution in [0.1, 0.15) is 108 Å². The highest BCUT2D eigenvalue weighted by Gasteiger charge is 2.21. The summed E-state index contributed by atoms with van der Waals surface area (Å²) in [5, 5.41) is 0. The molecule has 0 fully saturated rings. The summed E-state index contributed by atoms with van der Waals surface area (Å²) >= 11 is 0. The number of carbonyl (C=O) groups excluding carboxylic acids is 1. The Morgan fingerprint density at radius 1 is 0.722 bits per heavy atom. The Morgan fingerprint density at radius 2 is 1.28 bits per heavy atom. The fourth-order valence-corrected chi connectivity index (χ4v) is 4.13. The van der Waals surface area contributed by atoms with Crippen LogP contribution in [0.25, 0.3) is 6.08 Å². The van der Waals surface area contributed by atoms with Gasteiger partial charge < -0.3 is 14.2 Å². The Labute approximate surface area is 219 Å². The zero-order valence-corrected chi connectivity index (χ0v) is 23.4. The maximum atomic E-state index is 13.5. The average Bonchev–Trinajstić information content (AvgIpc) is 2.92. The van der Waals surface area contributed by atoms with E-state index in [1.165, 1.54) is 5.56 Å². The lowest BCUT2D eigenvalue weighted by atomic mass is 10.0. The second-order valence-corrected chi connectivity index (χ2v) is 9.23. The highest BCUT2D eigenvalue weighted by molar-refractivity contribution is 6.09. The molecule has 0 amide bonds. The summed E-state index contributed by atoms with van der Waals surface area (Å²) < 4.78 is 18.9. The summed E-state index contributed by atoms with van der Waals surface area (Å²) in [7, 11) is 0. The van der Waals surface area contributed by atoms with E-state index in [1.54, 1.807) is 6.08 Å². The third kappa shape index (κ3) is 8.15. The van der Waals surface area contributed by atoms with Crippen LogP contribution in [0, 0.1) is 0 Å². The largest absolute Gasteiger partial charge is 0.490 e. The number of hydrogen-bond acceptors (Lipinski definition) is 4. The van der Waals surface area contributed by atoms with E-state index in [4.69, 9.17) is 14.2 Å². The number of rotatable bonds is 16. The van der Waals surface area contributed by atoms with Crippen LogP contribution in [-0.2, 0) is 6.42 Å². The van der Waals surface area contributed by atoms with Crippen LogP contribution in [0.15, 0.2) is 42.5 Å². The minimum absolute atomic E-state index is 0.0215. The van der Waals surface area contributed by atoms with Gasteiger partial charge in [-0.3, -0.25) is 4.79 Å². The molecule has 2 aromatic rings. The van der Waals surface area contributed by atoms with Gasteiger partial charge in [0.25, 0.3) is 0 Å². The number of para-hydroxylation sites is 1. The maximum Gasteiger partial charge on any atom is 0.189 e. The molecule has 0 saturated carbocycles. The molecule has 0 bridgehead atoms.